The zero-order valence-corrected chi connectivity index (χ0v) is 13.3. The Kier molecular flexibility index (Phi) is 6.00. The molecule has 1 aliphatic rings. The highest BCUT2D eigenvalue weighted by molar-refractivity contribution is 6.71. The lowest BCUT2D eigenvalue weighted by molar-refractivity contribution is -0.168. The molecule has 0 unspecified atom stereocenters. The third-order valence-electron chi connectivity index (χ3n) is 3.33. The molecule has 0 aliphatic carbocycles. The highest BCUT2D eigenvalue weighted by atomic mass is 28.4. The van der Waals surface area contributed by atoms with Gasteiger partial charge in [-0.15, -0.1) is 0 Å². The molecule has 1 rings (SSSR count). The lowest BCUT2D eigenvalue weighted by Gasteiger charge is -2.36. The van der Waals surface area contributed by atoms with E-state index < -0.39 is 14.5 Å². The first kappa shape index (κ1) is 16.2. The van der Waals surface area contributed by atoms with Crippen molar-refractivity contribution in [3.05, 3.63) is 0 Å². The molecule has 19 heavy (non-hydrogen) atoms. The molecule has 0 saturated carbocycles. The van der Waals surface area contributed by atoms with Gasteiger partial charge in [-0.05, 0) is 25.6 Å². The maximum absolute atomic E-state index is 11.4. The molecule has 0 spiro atoms. The summed E-state index contributed by atoms with van der Waals surface area (Å²) in [6.45, 7) is 8.49. The molecule has 0 radical (unpaired) electrons. The van der Waals surface area contributed by atoms with Gasteiger partial charge in [0.1, 0.15) is 0 Å². The average Bonchev–Trinajstić information content (AvgIpc) is 2.31. The fourth-order valence-corrected chi connectivity index (χ4v) is 4.12. The Morgan fingerprint density at radius 2 is 2.11 bits per heavy atom. The van der Waals surface area contributed by atoms with Gasteiger partial charge in [-0.2, -0.15) is 0 Å². The Balaban J connectivity index is 2.27. The molecule has 1 heterocycles. The SMILES string of the molecule is CCCC[Si](C)(C)OCC[C@@H]1C(=O)N[C@@H]1OC(C)=O. The number of amides is 1. The predicted molar refractivity (Wildman–Crippen MR) is 75.0 cm³/mol. The van der Waals surface area contributed by atoms with Crippen LogP contribution in [0.15, 0.2) is 0 Å². The summed E-state index contributed by atoms with van der Waals surface area (Å²) in [5.74, 6) is -0.670. The lowest BCUT2D eigenvalue weighted by Crippen LogP contribution is -2.60. The Bertz CT molecular complexity index is 333. The van der Waals surface area contributed by atoms with Crippen molar-refractivity contribution in [1.82, 2.24) is 5.32 Å². The Hall–Kier alpha value is -0.883. The first-order valence-corrected chi connectivity index (χ1v) is 10.1. The summed E-state index contributed by atoms with van der Waals surface area (Å²) < 4.78 is 11.0. The first-order valence-electron chi connectivity index (χ1n) is 6.97. The van der Waals surface area contributed by atoms with Crippen molar-refractivity contribution < 1.29 is 18.8 Å². The number of β-lactam (4-membered cyclic amide) rings is 1. The molecule has 1 fully saturated rings. The molecule has 0 aromatic rings. The largest absolute Gasteiger partial charge is 0.441 e. The molecule has 6 heteroatoms. The maximum Gasteiger partial charge on any atom is 0.304 e. The van der Waals surface area contributed by atoms with Gasteiger partial charge in [-0.25, -0.2) is 0 Å². The summed E-state index contributed by atoms with van der Waals surface area (Å²) in [5.41, 5.74) is 0. The zero-order chi connectivity index (χ0) is 14.5. The smallest absolute Gasteiger partial charge is 0.304 e. The highest BCUT2D eigenvalue weighted by Crippen LogP contribution is 2.22. The van der Waals surface area contributed by atoms with Crippen molar-refractivity contribution in [3.63, 3.8) is 0 Å². The van der Waals surface area contributed by atoms with E-state index in [9.17, 15) is 9.59 Å². The van der Waals surface area contributed by atoms with Crippen LogP contribution in [0.1, 0.15) is 33.1 Å². The maximum atomic E-state index is 11.4. The monoisotopic (exact) mass is 287 g/mol. The van der Waals surface area contributed by atoms with E-state index in [-0.39, 0.29) is 17.8 Å². The van der Waals surface area contributed by atoms with Gasteiger partial charge in [-0.1, -0.05) is 19.8 Å². The third kappa shape index (κ3) is 5.32. The molecule has 0 aromatic heterocycles. The predicted octanol–water partition coefficient (Wildman–Crippen LogP) is 2.03. The van der Waals surface area contributed by atoms with Gasteiger partial charge >= 0.3 is 5.97 Å². The van der Waals surface area contributed by atoms with Gasteiger partial charge in [0.25, 0.3) is 0 Å². The minimum absolute atomic E-state index is 0.0529. The molecule has 0 bridgehead atoms. The van der Waals surface area contributed by atoms with E-state index in [1.807, 2.05) is 0 Å². The number of hydrogen-bond donors (Lipinski definition) is 1. The summed E-state index contributed by atoms with van der Waals surface area (Å²) in [5, 5.41) is 2.58. The van der Waals surface area contributed by atoms with Gasteiger partial charge in [0.05, 0.1) is 5.92 Å². The molecule has 1 saturated heterocycles. The molecule has 5 nitrogen and oxygen atoms in total. The summed E-state index contributed by atoms with van der Waals surface area (Å²) >= 11 is 0. The van der Waals surface area contributed by atoms with Crippen molar-refractivity contribution in [2.24, 2.45) is 5.92 Å². The van der Waals surface area contributed by atoms with Crippen molar-refractivity contribution in [2.45, 2.75) is 58.5 Å². The van der Waals surface area contributed by atoms with Crippen LogP contribution in [0.2, 0.25) is 19.1 Å². The van der Waals surface area contributed by atoms with Crippen LogP contribution in [0.25, 0.3) is 0 Å². The van der Waals surface area contributed by atoms with Crippen LogP contribution in [0.3, 0.4) is 0 Å². The second-order valence-corrected chi connectivity index (χ2v) is 9.95. The quantitative estimate of drug-likeness (QED) is 0.421. The number of rotatable bonds is 8. The van der Waals surface area contributed by atoms with E-state index in [1.54, 1.807) is 0 Å². The number of carbonyl (C=O) groups excluding carboxylic acids is 2. The molecule has 110 valence electrons. The van der Waals surface area contributed by atoms with E-state index in [4.69, 9.17) is 9.16 Å². The van der Waals surface area contributed by atoms with Gasteiger partial charge in [-0.3, -0.25) is 9.59 Å². The fraction of sp³-hybridized carbons (Fsp3) is 0.846. The normalized spacial score (nSPS) is 22.6. The van der Waals surface area contributed by atoms with Gasteiger partial charge in [0.15, 0.2) is 14.5 Å². The second-order valence-electron chi connectivity index (χ2n) is 5.65. The van der Waals surface area contributed by atoms with Gasteiger partial charge < -0.3 is 14.5 Å². The number of hydrogen-bond acceptors (Lipinski definition) is 4. The number of unbranched alkanes of at least 4 members (excludes halogenated alkanes) is 1. The molecule has 1 N–H and O–H groups in total. The van der Waals surface area contributed by atoms with Crippen molar-refractivity contribution >= 4 is 20.2 Å². The van der Waals surface area contributed by atoms with Gasteiger partial charge in [0.2, 0.25) is 5.91 Å². The average molecular weight is 287 g/mol. The van der Waals surface area contributed by atoms with Crippen molar-refractivity contribution in [2.75, 3.05) is 6.61 Å². The van der Waals surface area contributed by atoms with Crippen molar-refractivity contribution in [1.29, 1.82) is 0 Å². The lowest BCUT2D eigenvalue weighted by atomic mass is 9.96. The Morgan fingerprint density at radius 3 is 2.63 bits per heavy atom. The molecule has 2 atom stereocenters. The van der Waals surface area contributed by atoms with Crippen LogP contribution in [-0.2, 0) is 18.8 Å². The summed E-state index contributed by atoms with van der Waals surface area (Å²) in [4.78, 5) is 22.3. The van der Waals surface area contributed by atoms with E-state index in [1.165, 1.54) is 19.8 Å². The second kappa shape index (κ2) is 7.05. The third-order valence-corrected chi connectivity index (χ3v) is 5.88. The molecular weight excluding hydrogens is 262 g/mol. The van der Waals surface area contributed by atoms with E-state index >= 15 is 0 Å². The fourth-order valence-electron chi connectivity index (χ4n) is 2.10. The van der Waals surface area contributed by atoms with Crippen molar-refractivity contribution in [3.8, 4) is 0 Å². The molecule has 0 aromatic carbocycles. The van der Waals surface area contributed by atoms with Gasteiger partial charge in [0, 0.05) is 13.5 Å². The Labute approximate surface area is 116 Å². The summed E-state index contributed by atoms with van der Waals surface area (Å²) in [6.07, 6.45) is 2.53. The van der Waals surface area contributed by atoms with Crippen LogP contribution in [-0.4, -0.2) is 33.0 Å². The first-order chi connectivity index (χ1) is 8.85. The topological polar surface area (TPSA) is 64.6 Å². The number of ether oxygens (including phenoxy) is 1. The van der Waals surface area contributed by atoms with Crippen LogP contribution < -0.4 is 5.32 Å². The Morgan fingerprint density at radius 1 is 1.42 bits per heavy atom. The standard InChI is InChI=1S/C13H25NO4Si/c1-5-6-9-19(3,4)17-8-7-11-12(16)14-13(11)18-10(2)15/h11,13H,5-9H2,1-4H3,(H,14,16)/t11-,13-/m1/s1. The van der Waals surface area contributed by atoms with E-state index in [0.29, 0.717) is 13.0 Å². The molecular formula is C13H25NO4Si. The minimum atomic E-state index is -1.60. The zero-order valence-electron chi connectivity index (χ0n) is 12.3. The van der Waals surface area contributed by atoms with Crippen LogP contribution >= 0.6 is 0 Å². The van der Waals surface area contributed by atoms with E-state index in [2.05, 4.69) is 25.3 Å². The highest BCUT2D eigenvalue weighted by Gasteiger charge is 2.41. The van der Waals surface area contributed by atoms with Crippen LogP contribution in [0.5, 0.6) is 0 Å². The molecule has 1 aliphatic heterocycles. The van der Waals surface area contributed by atoms with Crippen LogP contribution in [0, 0.1) is 5.92 Å². The number of nitrogens with one attached hydrogen (secondary N) is 1. The minimum Gasteiger partial charge on any atom is -0.441 e. The molecule has 1 amide bonds. The number of esters is 1. The summed E-state index contributed by atoms with van der Waals surface area (Å²) in [7, 11) is -1.60. The summed E-state index contributed by atoms with van der Waals surface area (Å²) in [6, 6.07) is 1.15. The van der Waals surface area contributed by atoms with Crippen LogP contribution in [0.4, 0.5) is 0 Å². The number of carbonyl (C=O) groups is 2. The van der Waals surface area contributed by atoms with E-state index in [0.717, 1.165) is 6.04 Å².